The van der Waals surface area contributed by atoms with Gasteiger partial charge < -0.3 is 19.5 Å². The molecule has 0 unspecified atom stereocenters. The Bertz CT molecular complexity index is 583. The van der Waals surface area contributed by atoms with Crippen LogP contribution in [0, 0.1) is 0 Å². The molecule has 0 aliphatic heterocycles. The largest absolute Gasteiger partial charge is 0.496 e. The summed E-state index contributed by atoms with van der Waals surface area (Å²) in [7, 11) is 4.88. The molecule has 0 spiro atoms. The van der Waals surface area contributed by atoms with Crippen LogP contribution in [0.3, 0.4) is 0 Å². The minimum Gasteiger partial charge on any atom is -0.496 e. The average Bonchev–Trinajstić information content (AvgIpc) is 2.55. The first kappa shape index (κ1) is 21.3. The van der Waals surface area contributed by atoms with E-state index >= 15 is 0 Å². The third-order valence-corrected chi connectivity index (χ3v) is 3.15. The Labute approximate surface area is 149 Å². The number of nitrogens with one attached hydrogen (secondary N) is 1. The van der Waals surface area contributed by atoms with Crippen molar-refractivity contribution in [2.75, 3.05) is 21.3 Å². The lowest BCUT2D eigenvalue weighted by atomic mass is 10.1. The third-order valence-electron chi connectivity index (χ3n) is 3.15. The van der Waals surface area contributed by atoms with Crippen LogP contribution in [0.25, 0.3) is 0 Å². The maximum absolute atomic E-state index is 5.40. The van der Waals surface area contributed by atoms with Crippen LogP contribution in [0.2, 0.25) is 0 Å². The van der Waals surface area contributed by atoms with E-state index in [2.05, 4.69) is 10.3 Å². The van der Waals surface area contributed by atoms with Crippen LogP contribution >= 0.6 is 24.8 Å². The third kappa shape index (κ3) is 5.78. The molecule has 0 fully saturated rings. The first-order valence-electron chi connectivity index (χ1n) is 6.67. The summed E-state index contributed by atoms with van der Waals surface area (Å²) < 4.78 is 16.0. The van der Waals surface area contributed by atoms with Crippen molar-refractivity contribution in [1.29, 1.82) is 0 Å². The van der Waals surface area contributed by atoms with Crippen LogP contribution in [-0.4, -0.2) is 26.3 Å². The van der Waals surface area contributed by atoms with Gasteiger partial charge in [-0.3, -0.25) is 4.98 Å². The molecular formula is C16H22Cl2N2O3. The summed E-state index contributed by atoms with van der Waals surface area (Å²) in [6.07, 6.45) is 3.61. The summed E-state index contributed by atoms with van der Waals surface area (Å²) in [4.78, 5) is 4.09. The van der Waals surface area contributed by atoms with Crippen molar-refractivity contribution in [3.63, 3.8) is 0 Å². The molecule has 0 saturated carbocycles. The molecule has 7 heteroatoms. The standard InChI is InChI=1S/C16H20N2O3.2ClH/c1-19-14-8-16(21-3)15(20-2)7-13(14)11-18-10-12-5-4-6-17-9-12;;/h4-9,18H,10-11H2,1-3H3;2*1H. The van der Waals surface area contributed by atoms with E-state index in [0.717, 1.165) is 23.4 Å². The molecule has 5 nitrogen and oxygen atoms in total. The average molecular weight is 361 g/mol. The molecule has 23 heavy (non-hydrogen) atoms. The van der Waals surface area contributed by atoms with E-state index in [1.165, 1.54) is 0 Å². The Morgan fingerprint density at radius 1 is 0.913 bits per heavy atom. The fourth-order valence-corrected chi connectivity index (χ4v) is 2.07. The van der Waals surface area contributed by atoms with E-state index in [1.807, 2.05) is 30.5 Å². The Morgan fingerprint density at radius 2 is 1.57 bits per heavy atom. The van der Waals surface area contributed by atoms with Gasteiger partial charge in [0.05, 0.1) is 21.3 Å². The number of nitrogens with zero attached hydrogens (tertiary/aromatic N) is 1. The molecule has 0 saturated heterocycles. The van der Waals surface area contributed by atoms with Gasteiger partial charge in [0.1, 0.15) is 5.75 Å². The molecule has 1 aromatic carbocycles. The summed E-state index contributed by atoms with van der Waals surface area (Å²) in [5.41, 5.74) is 2.15. The van der Waals surface area contributed by atoms with Crippen molar-refractivity contribution in [3.8, 4) is 17.2 Å². The predicted octanol–water partition coefficient (Wildman–Crippen LogP) is 3.24. The van der Waals surface area contributed by atoms with Crippen molar-refractivity contribution < 1.29 is 14.2 Å². The van der Waals surface area contributed by atoms with E-state index < -0.39 is 0 Å². The predicted molar refractivity (Wildman–Crippen MR) is 95.4 cm³/mol. The topological polar surface area (TPSA) is 52.6 Å². The molecule has 0 bridgehead atoms. The fraction of sp³-hybridized carbons (Fsp3) is 0.312. The van der Waals surface area contributed by atoms with Crippen molar-refractivity contribution in [2.24, 2.45) is 0 Å². The lowest BCUT2D eigenvalue weighted by Gasteiger charge is -2.14. The van der Waals surface area contributed by atoms with Crippen LogP contribution in [0.15, 0.2) is 36.7 Å². The number of hydrogen-bond donors (Lipinski definition) is 1. The Balaban J connectivity index is 0.00000242. The molecule has 0 aliphatic carbocycles. The number of pyridine rings is 1. The second-order valence-electron chi connectivity index (χ2n) is 4.48. The summed E-state index contributed by atoms with van der Waals surface area (Å²) >= 11 is 0. The number of methoxy groups -OCH3 is 3. The summed E-state index contributed by atoms with van der Waals surface area (Å²) in [5, 5.41) is 3.37. The van der Waals surface area contributed by atoms with E-state index in [4.69, 9.17) is 14.2 Å². The fourth-order valence-electron chi connectivity index (χ4n) is 2.07. The zero-order valence-corrected chi connectivity index (χ0v) is 15.0. The van der Waals surface area contributed by atoms with Gasteiger partial charge in [-0.15, -0.1) is 24.8 Å². The lowest BCUT2D eigenvalue weighted by molar-refractivity contribution is 0.347. The summed E-state index contributed by atoms with van der Waals surface area (Å²) in [5.74, 6) is 2.12. The van der Waals surface area contributed by atoms with E-state index in [0.29, 0.717) is 18.0 Å². The number of hydrogen-bond acceptors (Lipinski definition) is 5. The van der Waals surface area contributed by atoms with Gasteiger partial charge in [0, 0.05) is 37.1 Å². The quantitative estimate of drug-likeness (QED) is 0.821. The smallest absolute Gasteiger partial charge is 0.164 e. The Morgan fingerprint density at radius 3 is 2.13 bits per heavy atom. The molecule has 1 aromatic heterocycles. The van der Waals surface area contributed by atoms with Crippen LogP contribution in [-0.2, 0) is 13.1 Å². The molecule has 0 amide bonds. The van der Waals surface area contributed by atoms with Gasteiger partial charge in [0.25, 0.3) is 0 Å². The van der Waals surface area contributed by atoms with Crippen molar-refractivity contribution in [2.45, 2.75) is 13.1 Å². The highest BCUT2D eigenvalue weighted by molar-refractivity contribution is 5.85. The molecule has 1 N–H and O–H groups in total. The second-order valence-corrected chi connectivity index (χ2v) is 4.48. The van der Waals surface area contributed by atoms with Crippen LogP contribution < -0.4 is 19.5 Å². The van der Waals surface area contributed by atoms with Gasteiger partial charge in [0.15, 0.2) is 11.5 Å². The highest BCUT2D eigenvalue weighted by Gasteiger charge is 2.11. The van der Waals surface area contributed by atoms with Gasteiger partial charge in [0.2, 0.25) is 0 Å². The van der Waals surface area contributed by atoms with Gasteiger partial charge in [-0.25, -0.2) is 0 Å². The van der Waals surface area contributed by atoms with Crippen molar-refractivity contribution in [1.82, 2.24) is 10.3 Å². The molecule has 0 radical (unpaired) electrons. The van der Waals surface area contributed by atoms with Gasteiger partial charge in [-0.1, -0.05) is 6.07 Å². The normalized spacial score (nSPS) is 9.35. The number of ether oxygens (including phenoxy) is 3. The van der Waals surface area contributed by atoms with Gasteiger partial charge in [-0.05, 0) is 17.7 Å². The summed E-state index contributed by atoms with van der Waals surface area (Å²) in [6, 6.07) is 7.72. The monoisotopic (exact) mass is 360 g/mol. The van der Waals surface area contributed by atoms with E-state index in [-0.39, 0.29) is 24.8 Å². The zero-order valence-electron chi connectivity index (χ0n) is 13.4. The number of benzene rings is 1. The molecule has 2 aromatic rings. The van der Waals surface area contributed by atoms with E-state index in [9.17, 15) is 0 Å². The Kier molecular flexibility index (Phi) is 10.1. The first-order valence-corrected chi connectivity index (χ1v) is 6.67. The molecule has 0 atom stereocenters. The van der Waals surface area contributed by atoms with Crippen LogP contribution in [0.1, 0.15) is 11.1 Å². The van der Waals surface area contributed by atoms with Crippen molar-refractivity contribution in [3.05, 3.63) is 47.8 Å². The zero-order chi connectivity index (χ0) is 15.1. The number of halogens is 2. The highest BCUT2D eigenvalue weighted by atomic mass is 35.5. The molecular weight excluding hydrogens is 339 g/mol. The first-order chi connectivity index (χ1) is 10.3. The minimum absolute atomic E-state index is 0. The SMILES string of the molecule is COc1cc(OC)c(OC)cc1CNCc1cccnc1.Cl.Cl. The highest BCUT2D eigenvalue weighted by Crippen LogP contribution is 2.34. The minimum atomic E-state index is 0. The van der Waals surface area contributed by atoms with Crippen molar-refractivity contribution >= 4 is 24.8 Å². The van der Waals surface area contributed by atoms with Crippen LogP contribution in [0.4, 0.5) is 0 Å². The second kappa shape index (κ2) is 10.9. The Hall–Kier alpha value is -1.69. The van der Waals surface area contributed by atoms with E-state index in [1.54, 1.807) is 27.5 Å². The van der Waals surface area contributed by atoms with Crippen LogP contribution in [0.5, 0.6) is 17.2 Å². The molecule has 128 valence electrons. The summed E-state index contributed by atoms with van der Waals surface area (Å²) in [6.45, 7) is 1.41. The molecule has 2 rings (SSSR count). The van der Waals surface area contributed by atoms with Gasteiger partial charge >= 0.3 is 0 Å². The maximum Gasteiger partial charge on any atom is 0.164 e. The maximum atomic E-state index is 5.40. The lowest BCUT2D eigenvalue weighted by Crippen LogP contribution is -2.13. The number of rotatable bonds is 7. The number of aromatic nitrogens is 1. The molecule has 0 aliphatic rings. The molecule has 1 heterocycles. The van der Waals surface area contributed by atoms with Gasteiger partial charge in [-0.2, -0.15) is 0 Å².